The van der Waals surface area contributed by atoms with Crippen LogP contribution in [0.15, 0.2) is 60.7 Å². The Morgan fingerprint density at radius 1 is 0.926 bits per heavy atom. The van der Waals surface area contributed by atoms with E-state index >= 15 is 0 Å². The number of nitrogens with one attached hydrogen (secondary N) is 1. The number of hydrogen-bond acceptors (Lipinski definition) is 4. The lowest BCUT2D eigenvalue weighted by Gasteiger charge is -2.09. The molecule has 0 bridgehead atoms. The maximum atomic E-state index is 12.6. The summed E-state index contributed by atoms with van der Waals surface area (Å²) in [5.74, 6) is 0.346. The summed E-state index contributed by atoms with van der Waals surface area (Å²) in [6.07, 6.45) is -4.42. The van der Waals surface area contributed by atoms with Crippen molar-refractivity contribution in [1.82, 2.24) is 10.2 Å². The molecule has 2 aromatic carbocycles. The Balaban J connectivity index is 1.64. The van der Waals surface area contributed by atoms with Crippen LogP contribution in [0.2, 0.25) is 0 Å². The van der Waals surface area contributed by atoms with Crippen LogP contribution in [0.25, 0.3) is 0 Å². The van der Waals surface area contributed by atoms with Gasteiger partial charge in [0.05, 0.1) is 11.3 Å². The normalized spacial score (nSPS) is 11.1. The highest BCUT2D eigenvalue weighted by atomic mass is 19.4. The molecule has 1 N–H and O–H groups in total. The van der Waals surface area contributed by atoms with Crippen molar-refractivity contribution in [2.75, 3.05) is 5.32 Å². The average Bonchev–Trinajstić information content (AvgIpc) is 2.64. The van der Waals surface area contributed by atoms with Crippen molar-refractivity contribution in [3.8, 4) is 11.6 Å². The third-order valence-corrected chi connectivity index (χ3v) is 3.58. The Morgan fingerprint density at radius 2 is 1.59 bits per heavy atom. The molecule has 138 valence electrons. The maximum absolute atomic E-state index is 12.6. The van der Waals surface area contributed by atoms with Gasteiger partial charge >= 0.3 is 6.18 Å². The Kier molecular flexibility index (Phi) is 5.07. The first kappa shape index (κ1) is 18.4. The predicted octanol–water partition coefficient (Wildman–Crippen LogP) is 4.85. The molecule has 1 heterocycles. The molecule has 27 heavy (non-hydrogen) atoms. The summed E-state index contributed by atoms with van der Waals surface area (Å²) in [6.45, 7) is 1.81. The number of nitrogens with zero attached hydrogens (tertiary/aromatic N) is 2. The van der Waals surface area contributed by atoms with Crippen molar-refractivity contribution in [2.24, 2.45) is 0 Å². The number of aromatic nitrogens is 2. The second-order valence-corrected chi connectivity index (χ2v) is 5.67. The molecule has 5 nitrogen and oxygen atoms in total. The van der Waals surface area contributed by atoms with Crippen LogP contribution in [0.1, 0.15) is 21.6 Å². The largest absolute Gasteiger partial charge is 0.438 e. The van der Waals surface area contributed by atoms with Crippen molar-refractivity contribution in [1.29, 1.82) is 0 Å². The van der Waals surface area contributed by atoms with E-state index in [0.717, 1.165) is 17.8 Å². The SMILES string of the molecule is Cc1ccc(Oc2ccc(C(=O)Nc3ccc(C(F)(F)F)cc3)cc2)nn1. The third-order valence-electron chi connectivity index (χ3n) is 3.58. The molecule has 0 saturated carbocycles. The first-order valence-corrected chi connectivity index (χ1v) is 7.88. The molecular weight excluding hydrogens is 359 g/mol. The molecule has 0 saturated heterocycles. The number of carbonyl (C=O) groups is 1. The van der Waals surface area contributed by atoms with Crippen LogP contribution >= 0.6 is 0 Å². The molecule has 0 aliphatic carbocycles. The third kappa shape index (κ3) is 4.81. The number of aryl methyl sites for hydroxylation is 1. The van der Waals surface area contributed by atoms with Gasteiger partial charge in [0.1, 0.15) is 5.75 Å². The fraction of sp³-hybridized carbons (Fsp3) is 0.105. The van der Waals surface area contributed by atoms with E-state index in [9.17, 15) is 18.0 Å². The molecule has 0 fully saturated rings. The van der Waals surface area contributed by atoms with Crippen LogP contribution in [0.3, 0.4) is 0 Å². The Hall–Kier alpha value is -3.42. The molecule has 0 atom stereocenters. The first-order valence-electron chi connectivity index (χ1n) is 7.88. The Labute approximate surface area is 152 Å². The van der Waals surface area contributed by atoms with Gasteiger partial charge < -0.3 is 10.1 Å². The van der Waals surface area contributed by atoms with E-state index in [1.165, 1.54) is 24.3 Å². The lowest BCUT2D eigenvalue weighted by Crippen LogP contribution is -2.12. The van der Waals surface area contributed by atoms with Crippen LogP contribution in [-0.2, 0) is 6.18 Å². The van der Waals surface area contributed by atoms with Gasteiger partial charge in [-0.25, -0.2) is 0 Å². The van der Waals surface area contributed by atoms with E-state index in [0.29, 0.717) is 17.2 Å². The van der Waals surface area contributed by atoms with Crippen LogP contribution in [0, 0.1) is 6.92 Å². The lowest BCUT2D eigenvalue weighted by atomic mass is 10.1. The van der Waals surface area contributed by atoms with Crippen molar-refractivity contribution in [3.63, 3.8) is 0 Å². The van der Waals surface area contributed by atoms with E-state index < -0.39 is 17.6 Å². The molecule has 0 aliphatic heterocycles. The van der Waals surface area contributed by atoms with E-state index in [-0.39, 0.29) is 5.69 Å². The molecule has 3 rings (SSSR count). The summed E-state index contributed by atoms with van der Waals surface area (Å²) in [7, 11) is 0. The summed E-state index contributed by atoms with van der Waals surface area (Å²) in [5.41, 5.74) is 0.583. The number of anilines is 1. The minimum absolute atomic E-state index is 0.267. The molecule has 0 radical (unpaired) electrons. The van der Waals surface area contributed by atoms with Gasteiger partial charge in [0.25, 0.3) is 5.91 Å². The number of rotatable bonds is 4. The average molecular weight is 373 g/mol. The molecule has 0 aliphatic rings. The van der Waals surface area contributed by atoms with Crippen LogP contribution in [-0.4, -0.2) is 16.1 Å². The van der Waals surface area contributed by atoms with Gasteiger partial charge in [-0.15, -0.1) is 5.10 Å². The second kappa shape index (κ2) is 7.45. The predicted molar refractivity (Wildman–Crippen MR) is 92.7 cm³/mol. The molecule has 0 spiro atoms. The highest BCUT2D eigenvalue weighted by molar-refractivity contribution is 6.04. The molecule has 0 unspecified atom stereocenters. The van der Waals surface area contributed by atoms with Crippen molar-refractivity contribution < 1.29 is 22.7 Å². The zero-order chi connectivity index (χ0) is 19.4. The molecule has 8 heteroatoms. The van der Waals surface area contributed by atoms with Crippen LogP contribution in [0.4, 0.5) is 18.9 Å². The van der Waals surface area contributed by atoms with E-state index in [1.54, 1.807) is 31.2 Å². The van der Waals surface area contributed by atoms with Gasteiger partial charge in [0, 0.05) is 17.3 Å². The van der Waals surface area contributed by atoms with Gasteiger partial charge in [-0.1, -0.05) is 0 Å². The van der Waals surface area contributed by atoms with Crippen molar-refractivity contribution >= 4 is 11.6 Å². The highest BCUT2D eigenvalue weighted by Gasteiger charge is 2.29. The monoisotopic (exact) mass is 373 g/mol. The van der Waals surface area contributed by atoms with Gasteiger partial charge in [-0.05, 0) is 61.5 Å². The van der Waals surface area contributed by atoms with E-state index in [4.69, 9.17) is 4.74 Å². The number of amides is 1. The Bertz CT molecular complexity index is 922. The van der Waals surface area contributed by atoms with Gasteiger partial charge in [-0.3, -0.25) is 4.79 Å². The second-order valence-electron chi connectivity index (χ2n) is 5.67. The fourth-order valence-electron chi connectivity index (χ4n) is 2.18. The van der Waals surface area contributed by atoms with Gasteiger partial charge in [-0.2, -0.15) is 18.3 Å². The number of benzene rings is 2. The lowest BCUT2D eigenvalue weighted by molar-refractivity contribution is -0.137. The van der Waals surface area contributed by atoms with Crippen molar-refractivity contribution in [3.05, 3.63) is 77.5 Å². The topological polar surface area (TPSA) is 64.1 Å². The molecule has 1 aromatic heterocycles. The van der Waals surface area contributed by atoms with E-state index in [1.807, 2.05) is 0 Å². The number of carbonyl (C=O) groups excluding carboxylic acids is 1. The standard InChI is InChI=1S/C19H14F3N3O2/c1-12-2-11-17(25-24-12)27-16-9-3-13(4-10-16)18(26)23-15-7-5-14(6-8-15)19(20,21)22/h2-11H,1H3,(H,23,26). The van der Waals surface area contributed by atoms with Gasteiger partial charge in [0.2, 0.25) is 5.88 Å². The van der Waals surface area contributed by atoms with E-state index in [2.05, 4.69) is 15.5 Å². The van der Waals surface area contributed by atoms with Gasteiger partial charge in [0.15, 0.2) is 0 Å². The molecule has 3 aromatic rings. The molecular formula is C19H14F3N3O2. The summed E-state index contributed by atoms with van der Waals surface area (Å²) in [5, 5.41) is 10.3. The summed E-state index contributed by atoms with van der Waals surface area (Å²) >= 11 is 0. The summed E-state index contributed by atoms with van der Waals surface area (Å²) in [6, 6.07) is 13.9. The minimum Gasteiger partial charge on any atom is -0.438 e. The zero-order valence-corrected chi connectivity index (χ0v) is 14.1. The minimum atomic E-state index is -4.42. The van der Waals surface area contributed by atoms with Crippen molar-refractivity contribution in [2.45, 2.75) is 13.1 Å². The number of ether oxygens (including phenoxy) is 1. The summed E-state index contributed by atoms with van der Waals surface area (Å²) in [4.78, 5) is 12.2. The number of halogens is 3. The maximum Gasteiger partial charge on any atom is 0.416 e. The Morgan fingerprint density at radius 3 is 2.15 bits per heavy atom. The summed E-state index contributed by atoms with van der Waals surface area (Å²) < 4.78 is 43.2. The number of hydrogen-bond donors (Lipinski definition) is 1. The quantitative estimate of drug-likeness (QED) is 0.710. The molecule has 1 amide bonds. The number of alkyl halides is 3. The van der Waals surface area contributed by atoms with Crippen LogP contribution in [0.5, 0.6) is 11.6 Å². The fourth-order valence-corrected chi connectivity index (χ4v) is 2.18. The smallest absolute Gasteiger partial charge is 0.416 e. The zero-order valence-electron chi connectivity index (χ0n) is 14.1. The van der Waals surface area contributed by atoms with Crippen LogP contribution < -0.4 is 10.1 Å². The highest BCUT2D eigenvalue weighted by Crippen LogP contribution is 2.30. The first-order chi connectivity index (χ1) is 12.8.